The van der Waals surface area contributed by atoms with Crippen molar-refractivity contribution < 1.29 is 13.2 Å². The van der Waals surface area contributed by atoms with E-state index in [0.29, 0.717) is 18.5 Å². The first kappa shape index (κ1) is 11.3. The molecular formula is C12H14F3N. The molecule has 1 aliphatic carbocycles. The van der Waals surface area contributed by atoms with Gasteiger partial charge in [-0.3, -0.25) is 0 Å². The number of anilines is 1. The van der Waals surface area contributed by atoms with Crippen LogP contribution in [0.15, 0.2) is 12.1 Å². The zero-order valence-electron chi connectivity index (χ0n) is 8.90. The quantitative estimate of drug-likeness (QED) is 0.779. The van der Waals surface area contributed by atoms with Crippen LogP contribution in [0.4, 0.5) is 18.9 Å². The summed E-state index contributed by atoms with van der Waals surface area (Å²) in [7, 11) is 0. The van der Waals surface area contributed by atoms with Gasteiger partial charge in [0.05, 0.1) is 5.69 Å². The van der Waals surface area contributed by atoms with Crippen molar-refractivity contribution in [1.29, 1.82) is 0 Å². The van der Waals surface area contributed by atoms with Gasteiger partial charge in [-0.2, -0.15) is 0 Å². The smallest absolute Gasteiger partial charge is 0.182 e. The van der Waals surface area contributed by atoms with Gasteiger partial charge in [0.25, 0.3) is 0 Å². The van der Waals surface area contributed by atoms with Crippen LogP contribution in [0.2, 0.25) is 0 Å². The first-order valence-electron chi connectivity index (χ1n) is 5.55. The van der Waals surface area contributed by atoms with Crippen molar-refractivity contribution in [2.24, 2.45) is 5.92 Å². The number of hydrogen-bond donors (Lipinski definition) is 1. The van der Waals surface area contributed by atoms with Crippen LogP contribution < -0.4 is 5.32 Å². The van der Waals surface area contributed by atoms with Gasteiger partial charge in [-0.25, -0.2) is 13.2 Å². The highest BCUT2D eigenvalue weighted by Gasteiger charge is 2.16. The lowest BCUT2D eigenvalue weighted by Gasteiger charge is -2.12. The minimum atomic E-state index is -1.14. The van der Waals surface area contributed by atoms with Crippen LogP contribution in [0.5, 0.6) is 0 Å². The minimum absolute atomic E-state index is 0.0793. The molecule has 2 rings (SSSR count). The van der Waals surface area contributed by atoms with E-state index in [1.54, 1.807) is 0 Å². The van der Waals surface area contributed by atoms with E-state index in [2.05, 4.69) is 5.32 Å². The Morgan fingerprint density at radius 3 is 2.50 bits per heavy atom. The van der Waals surface area contributed by atoms with E-state index in [9.17, 15) is 13.2 Å². The van der Waals surface area contributed by atoms with Gasteiger partial charge in [-0.15, -0.1) is 0 Å². The van der Waals surface area contributed by atoms with E-state index in [-0.39, 0.29) is 5.69 Å². The molecule has 0 radical (unpaired) electrons. The average Bonchev–Trinajstić information content (AvgIpc) is 2.74. The molecule has 0 aromatic heterocycles. The average molecular weight is 229 g/mol. The lowest BCUT2D eigenvalue weighted by Crippen LogP contribution is -2.12. The molecule has 1 nitrogen and oxygen atoms in total. The largest absolute Gasteiger partial charge is 0.382 e. The zero-order valence-corrected chi connectivity index (χ0v) is 8.90. The number of benzene rings is 1. The molecule has 4 heteroatoms. The molecule has 1 N–H and O–H groups in total. The van der Waals surface area contributed by atoms with Crippen LogP contribution in [-0.2, 0) is 0 Å². The van der Waals surface area contributed by atoms with Crippen molar-refractivity contribution in [3.63, 3.8) is 0 Å². The Balaban J connectivity index is 2.02. The summed E-state index contributed by atoms with van der Waals surface area (Å²) >= 11 is 0. The third kappa shape index (κ3) is 2.49. The highest BCUT2D eigenvalue weighted by atomic mass is 19.2. The molecule has 0 amide bonds. The topological polar surface area (TPSA) is 12.0 Å². The summed E-state index contributed by atoms with van der Waals surface area (Å²) < 4.78 is 39.0. The molecule has 0 atom stereocenters. The van der Waals surface area contributed by atoms with Gasteiger partial charge in [-0.05, 0) is 18.8 Å². The molecule has 1 saturated carbocycles. The lowest BCUT2D eigenvalue weighted by atomic mass is 10.1. The van der Waals surface area contributed by atoms with Gasteiger partial charge in [0.15, 0.2) is 11.6 Å². The SMILES string of the molecule is Fc1cc(F)c(F)c(NCC2CCCC2)c1. The predicted molar refractivity (Wildman–Crippen MR) is 56.8 cm³/mol. The van der Waals surface area contributed by atoms with E-state index in [1.807, 2.05) is 0 Å². The van der Waals surface area contributed by atoms with Crippen molar-refractivity contribution >= 4 is 5.69 Å². The molecule has 0 saturated heterocycles. The Labute approximate surface area is 92.7 Å². The highest BCUT2D eigenvalue weighted by molar-refractivity contribution is 5.45. The minimum Gasteiger partial charge on any atom is -0.382 e. The molecule has 0 heterocycles. The van der Waals surface area contributed by atoms with Gasteiger partial charge in [0.1, 0.15) is 5.82 Å². The van der Waals surface area contributed by atoms with Gasteiger partial charge in [0.2, 0.25) is 0 Å². The molecule has 0 spiro atoms. The third-order valence-electron chi connectivity index (χ3n) is 3.05. The number of nitrogens with one attached hydrogen (secondary N) is 1. The van der Waals surface area contributed by atoms with E-state index in [0.717, 1.165) is 18.9 Å². The second-order valence-corrected chi connectivity index (χ2v) is 4.28. The molecular weight excluding hydrogens is 215 g/mol. The maximum absolute atomic E-state index is 13.3. The lowest BCUT2D eigenvalue weighted by molar-refractivity contribution is 0.495. The summed E-state index contributed by atoms with van der Waals surface area (Å²) in [5.74, 6) is -2.41. The predicted octanol–water partition coefficient (Wildman–Crippen LogP) is 3.71. The van der Waals surface area contributed by atoms with Crippen molar-refractivity contribution in [3.8, 4) is 0 Å². The second-order valence-electron chi connectivity index (χ2n) is 4.28. The van der Waals surface area contributed by atoms with Crippen LogP contribution in [0.3, 0.4) is 0 Å². The molecule has 0 aliphatic heterocycles. The summed E-state index contributed by atoms with van der Waals surface area (Å²) in [4.78, 5) is 0. The standard InChI is InChI=1S/C12H14F3N/c13-9-5-10(14)12(15)11(6-9)16-7-8-3-1-2-4-8/h5-6,8,16H,1-4,7H2. The Morgan fingerprint density at radius 1 is 1.12 bits per heavy atom. The Kier molecular flexibility index (Phi) is 3.36. The summed E-state index contributed by atoms with van der Waals surface area (Å²) in [6.07, 6.45) is 4.58. The van der Waals surface area contributed by atoms with E-state index in [1.165, 1.54) is 12.8 Å². The summed E-state index contributed by atoms with van der Waals surface area (Å²) in [6, 6.07) is 1.55. The van der Waals surface area contributed by atoms with Crippen LogP contribution in [0.1, 0.15) is 25.7 Å². The van der Waals surface area contributed by atoms with Crippen molar-refractivity contribution in [2.45, 2.75) is 25.7 Å². The maximum Gasteiger partial charge on any atom is 0.182 e. The van der Waals surface area contributed by atoms with Crippen LogP contribution in [0, 0.1) is 23.4 Å². The van der Waals surface area contributed by atoms with Crippen LogP contribution >= 0.6 is 0 Å². The first-order chi connectivity index (χ1) is 7.66. The molecule has 1 aromatic rings. The summed E-state index contributed by atoms with van der Waals surface area (Å²) in [5.41, 5.74) is -0.0793. The second kappa shape index (κ2) is 4.76. The molecule has 0 bridgehead atoms. The van der Waals surface area contributed by atoms with Crippen LogP contribution in [0.25, 0.3) is 0 Å². The Bertz CT molecular complexity index is 373. The normalized spacial score (nSPS) is 16.7. The van der Waals surface area contributed by atoms with Crippen molar-refractivity contribution in [2.75, 3.05) is 11.9 Å². The van der Waals surface area contributed by atoms with E-state index < -0.39 is 17.5 Å². The monoisotopic (exact) mass is 229 g/mol. The fraction of sp³-hybridized carbons (Fsp3) is 0.500. The number of halogens is 3. The Hall–Kier alpha value is -1.19. The molecule has 1 aliphatic rings. The third-order valence-corrected chi connectivity index (χ3v) is 3.05. The molecule has 1 aromatic carbocycles. The maximum atomic E-state index is 13.3. The van der Waals surface area contributed by atoms with E-state index in [4.69, 9.17) is 0 Å². The molecule has 88 valence electrons. The summed E-state index contributed by atoms with van der Waals surface area (Å²) in [5, 5.41) is 2.78. The van der Waals surface area contributed by atoms with Gasteiger partial charge < -0.3 is 5.32 Å². The van der Waals surface area contributed by atoms with Crippen LogP contribution in [-0.4, -0.2) is 6.54 Å². The fourth-order valence-electron chi connectivity index (χ4n) is 2.15. The van der Waals surface area contributed by atoms with Gasteiger partial charge >= 0.3 is 0 Å². The molecule has 0 unspecified atom stereocenters. The highest BCUT2D eigenvalue weighted by Crippen LogP contribution is 2.26. The fourth-order valence-corrected chi connectivity index (χ4v) is 2.15. The molecule has 16 heavy (non-hydrogen) atoms. The van der Waals surface area contributed by atoms with E-state index >= 15 is 0 Å². The van der Waals surface area contributed by atoms with Crippen molar-refractivity contribution in [1.82, 2.24) is 0 Å². The molecule has 1 fully saturated rings. The Morgan fingerprint density at radius 2 is 1.81 bits per heavy atom. The zero-order chi connectivity index (χ0) is 11.5. The number of rotatable bonds is 3. The van der Waals surface area contributed by atoms with Crippen molar-refractivity contribution in [3.05, 3.63) is 29.6 Å². The first-order valence-corrected chi connectivity index (χ1v) is 5.55. The summed E-state index contributed by atoms with van der Waals surface area (Å²) in [6.45, 7) is 0.583. The van der Waals surface area contributed by atoms with Gasteiger partial charge in [0, 0.05) is 18.7 Å². The van der Waals surface area contributed by atoms with Gasteiger partial charge in [-0.1, -0.05) is 12.8 Å². The number of hydrogen-bond acceptors (Lipinski definition) is 1.